The van der Waals surface area contributed by atoms with E-state index in [1.54, 1.807) is 0 Å². The van der Waals surface area contributed by atoms with Gasteiger partial charge in [-0.25, -0.2) is 0 Å². The number of oxime groups is 1. The summed E-state index contributed by atoms with van der Waals surface area (Å²) in [4.78, 5) is 2.27. The molecule has 0 aromatic carbocycles. The zero-order valence-corrected chi connectivity index (χ0v) is 9.85. The Balaban J connectivity index is 2.60. The number of likely N-dealkylation sites (tertiary alicyclic amines) is 1. The summed E-state index contributed by atoms with van der Waals surface area (Å²) in [6.45, 7) is 7.73. The molecule has 1 heterocycles. The van der Waals surface area contributed by atoms with Crippen LogP contribution in [0.1, 0.15) is 33.6 Å². The first-order valence-electron chi connectivity index (χ1n) is 5.73. The molecule has 4 heteroatoms. The maximum Gasteiger partial charge on any atom is 0.0664 e. The third-order valence-corrected chi connectivity index (χ3v) is 3.48. The molecule has 1 aliphatic rings. The monoisotopic (exact) mass is 214 g/mol. The molecule has 0 aromatic heterocycles. The summed E-state index contributed by atoms with van der Waals surface area (Å²) in [7, 11) is 0. The zero-order valence-electron chi connectivity index (χ0n) is 9.85. The molecule has 0 aliphatic carbocycles. The topological polar surface area (TPSA) is 56.1 Å². The van der Waals surface area contributed by atoms with Crippen LogP contribution in [0.5, 0.6) is 0 Å². The Hall–Kier alpha value is -0.610. The van der Waals surface area contributed by atoms with E-state index >= 15 is 0 Å². The number of nitrogens with zero attached hydrogens (tertiary/aromatic N) is 2. The first kappa shape index (κ1) is 12.5. The van der Waals surface area contributed by atoms with Crippen molar-refractivity contribution in [3.63, 3.8) is 0 Å². The van der Waals surface area contributed by atoms with Crippen molar-refractivity contribution in [2.45, 2.75) is 45.8 Å². The van der Waals surface area contributed by atoms with E-state index in [-0.39, 0.29) is 12.1 Å². The van der Waals surface area contributed by atoms with Gasteiger partial charge in [-0.15, -0.1) is 0 Å². The molecule has 15 heavy (non-hydrogen) atoms. The van der Waals surface area contributed by atoms with E-state index < -0.39 is 0 Å². The molecule has 88 valence electrons. The third kappa shape index (κ3) is 2.92. The lowest BCUT2D eigenvalue weighted by molar-refractivity contribution is 0.0608. The summed E-state index contributed by atoms with van der Waals surface area (Å²) < 4.78 is 0. The highest BCUT2D eigenvalue weighted by molar-refractivity contribution is 5.87. The van der Waals surface area contributed by atoms with Gasteiger partial charge in [0.1, 0.15) is 0 Å². The van der Waals surface area contributed by atoms with Crippen molar-refractivity contribution in [1.82, 2.24) is 4.90 Å². The number of rotatable bonds is 3. The van der Waals surface area contributed by atoms with Gasteiger partial charge in [0.05, 0.1) is 11.8 Å². The average molecular weight is 214 g/mol. The largest absolute Gasteiger partial charge is 0.411 e. The maximum absolute atomic E-state index is 9.53. The quantitative estimate of drug-likeness (QED) is 0.550. The number of aliphatic hydroxyl groups is 1. The number of aliphatic hydroxyl groups excluding tert-OH is 1. The average Bonchev–Trinajstić information content (AvgIpc) is 2.26. The van der Waals surface area contributed by atoms with E-state index in [1.165, 1.54) is 0 Å². The molecular weight excluding hydrogens is 192 g/mol. The second-order valence-corrected chi connectivity index (χ2v) is 4.42. The highest BCUT2D eigenvalue weighted by Crippen LogP contribution is 2.20. The van der Waals surface area contributed by atoms with Crippen LogP contribution in [0.3, 0.4) is 0 Å². The normalized spacial score (nSPS) is 30.4. The standard InChI is InChI=1S/C11H22N2O2/c1-4-10-7-13(8(2)9(3)14)6-5-11(10)12-15/h8-10,14-15H,4-7H2,1-3H3. The maximum atomic E-state index is 9.53. The second-order valence-electron chi connectivity index (χ2n) is 4.42. The Morgan fingerprint density at radius 3 is 2.67 bits per heavy atom. The third-order valence-electron chi connectivity index (χ3n) is 3.48. The van der Waals surface area contributed by atoms with Crippen LogP contribution in [-0.2, 0) is 0 Å². The molecule has 2 N–H and O–H groups in total. The summed E-state index contributed by atoms with van der Waals surface area (Å²) >= 11 is 0. The molecule has 0 aromatic rings. The lowest BCUT2D eigenvalue weighted by atomic mass is 9.92. The second kappa shape index (κ2) is 5.47. The fraction of sp³-hybridized carbons (Fsp3) is 0.909. The van der Waals surface area contributed by atoms with Gasteiger partial charge in [-0.3, -0.25) is 4.90 Å². The minimum atomic E-state index is -0.310. The fourth-order valence-corrected chi connectivity index (χ4v) is 2.11. The lowest BCUT2D eigenvalue weighted by Gasteiger charge is -2.37. The Morgan fingerprint density at radius 1 is 1.53 bits per heavy atom. The van der Waals surface area contributed by atoms with Gasteiger partial charge in [-0.05, 0) is 20.3 Å². The molecule has 0 spiro atoms. The predicted octanol–water partition coefficient (Wildman–Crippen LogP) is 1.32. The van der Waals surface area contributed by atoms with Crippen LogP contribution in [0.15, 0.2) is 5.16 Å². The van der Waals surface area contributed by atoms with E-state index in [2.05, 4.69) is 17.0 Å². The molecule has 0 saturated carbocycles. The number of hydrogen-bond acceptors (Lipinski definition) is 4. The van der Waals surface area contributed by atoms with Gasteiger partial charge in [0.2, 0.25) is 0 Å². The van der Waals surface area contributed by atoms with Crippen molar-refractivity contribution < 1.29 is 10.3 Å². The molecule has 4 nitrogen and oxygen atoms in total. The summed E-state index contributed by atoms with van der Waals surface area (Å²) in [5.41, 5.74) is 0.909. The van der Waals surface area contributed by atoms with Crippen molar-refractivity contribution in [3.05, 3.63) is 0 Å². The van der Waals surface area contributed by atoms with Crippen molar-refractivity contribution in [1.29, 1.82) is 0 Å². The van der Waals surface area contributed by atoms with Gasteiger partial charge in [-0.2, -0.15) is 0 Å². The van der Waals surface area contributed by atoms with Gasteiger partial charge in [0, 0.05) is 31.5 Å². The predicted molar refractivity (Wildman–Crippen MR) is 60.3 cm³/mol. The summed E-state index contributed by atoms with van der Waals surface area (Å²) in [6.07, 6.45) is 1.49. The van der Waals surface area contributed by atoms with Gasteiger partial charge < -0.3 is 10.3 Å². The van der Waals surface area contributed by atoms with Crippen LogP contribution >= 0.6 is 0 Å². The fourth-order valence-electron chi connectivity index (χ4n) is 2.11. The Bertz CT molecular complexity index is 229. The smallest absolute Gasteiger partial charge is 0.0664 e. The molecule has 1 saturated heterocycles. The first-order valence-corrected chi connectivity index (χ1v) is 5.73. The van der Waals surface area contributed by atoms with Crippen LogP contribution in [0.2, 0.25) is 0 Å². The van der Waals surface area contributed by atoms with Gasteiger partial charge in [0.15, 0.2) is 0 Å². The minimum Gasteiger partial charge on any atom is -0.411 e. The van der Waals surface area contributed by atoms with Crippen LogP contribution in [-0.4, -0.2) is 46.2 Å². The Morgan fingerprint density at radius 2 is 2.20 bits per heavy atom. The molecule has 1 rings (SSSR count). The van der Waals surface area contributed by atoms with Crippen molar-refractivity contribution in [2.75, 3.05) is 13.1 Å². The molecule has 3 atom stereocenters. The highest BCUT2D eigenvalue weighted by Gasteiger charge is 2.28. The van der Waals surface area contributed by atoms with Crippen LogP contribution in [0.4, 0.5) is 0 Å². The van der Waals surface area contributed by atoms with E-state index in [4.69, 9.17) is 5.21 Å². The number of hydrogen-bond donors (Lipinski definition) is 2. The highest BCUT2D eigenvalue weighted by atomic mass is 16.4. The summed E-state index contributed by atoms with van der Waals surface area (Å²) in [5.74, 6) is 0.338. The van der Waals surface area contributed by atoms with E-state index in [0.29, 0.717) is 5.92 Å². The van der Waals surface area contributed by atoms with E-state index in [9.17, 15) is 5.11 Å². The number of piperidine rings is 1. The molecule has 0 bridgehead atoms. The molecule has 1 aliphatic heterocycles. The van der Waals surface area contributed by atoms with Gasteiger partial charge in [-0.1, -0.05) is 12.1 Å². The minimum absolute atomic E-state index is 0.180. The first-order chi connectivity index (χ1) is 7.10. The van der Waals surface area contributed by atoms with Crippen molar-refractivity contribution in [2.24, 2.45) is 11.1 Å². The summed E-state index contributed by atoms with van der Waals surface area (Å²) in [5, 5.41) is 21.7. The Kier molecular flexibility index (Phi) is 4.54. The molecule has 3 unspecified atom stereocenters. The Labute approximate surface area is 91.6 Å². The molecule has 0 amide bonds. The van der Waals surface area contributed by atoms with E-state index in [0.717, 1.165) is 31.6 Å². The van der Waals surface area contributed by atoms with E-state index in [1.807, 2.05) is 13.8 Å². The molecule has 0 radical (unpaired) electrons. The van der Waals surface area contributed by atoms with Gasteiger partial charge >= 0.3 is 0 Å². The zero-order chi connectivity index (χ0) is 11.4. The van der Waals surface area contributed by atoms with Crippen molar-refractivity contribution in [3.8, 4) is 0 Å². The molecular formula is C11H22N2O2. The van der Waals surface area contributed by atoms with Crippen LogP contribution in [0.25, 0.3) is 0 Å². The van der Waals surface area contributed by atoms with Crippen molar-refractivity contribution >= 4 is 5.71 Å². The SMILES string of the molecule is CCC1CN(C(C)C(C)O)CCC1=NO. The molecule has 1 fully saturated rings. The lowest BCUT2D eigenvalue weighted by Crippen LogP contribution is -2.48. The van der Waals surface area contributed by atoms with Crippen LogP contribution < -0.4 is 0 Å². The van der Waals surface area contributed by atoms with Crippen LogP contribution in [0, 0.1) is 5.92 Å². The summed E-state index contributed by atoms with van der Waals surface area (Å²) in [6, 6.07) is 0.180. The van der Waals surface area contributed by atoms with Gasteiger partial charge in [0.25, 0.3) is 0 Å².